The first-order valence-electron chi connectivity index (χ1n) is 7.70. The molecule has 0 aliphatic heterocycles. The van der Waals surface area contributed by atoms with E-state index in [-0.39, 0.29) is 11.9 Å². The Balaban J connectivity index is 2.21. The molecule has 128 valence electrons. The fourth-order valence-electron chi connectivity index (χ4n) is 2.54. The van der Waals surface area contributed by atoms with Gasteiger partial charge in [0.05, 0.1) is 18.0 Å². The topological polar surface area (TPSA) is 66.5 Å². The third-order valence-corrected chi connectivity index (χ3v) is 5.00. The zero-order valence-corrected chi connectivity index (χ0v) is 14.8. The lowest BCUT2D eigenvalue weighted by molar-refractivity contribution is -0.122. The van der Waals surface area contributed by atoms with Gasteiger partial charge in [0.25, 0.3) is 0 Å². The minimum Gasteiger partial charge on any atom is -0.348 e. The number of hydrogen-bond donors (Lipinski definition) is 1. The van der Waals surface area contributed by atoms with Crippen molar-refractivity contribution >= 4 is 21.6 Å². The molecule has 0 aromatic heterocycles. The van der Waals surface area contributed by atoms with Crippen LogP contribution in [-0.2, 0) is 14.8 Å². The number of hydrogen-bond acceptors (Lipinski definition) is 3. The Kier molecular flexibility index (Phi) is 5.62. The molecule has 24 heavy (non-hydrogen) atoms. The molecule has 2 atom stereocenters. The van der Waals surface area contributed by atoms with Crippen molar-refractivity contribution in [1.82, 2.24) is 5.32 Å². The summed E-state index contributed by atoms with van der Waals surface area (Å²) in [6, 6.07) is 17.1. The van der Waals surface area contributed by atoms with Crippen LogP contribution in [0.5, 0.6) is 0 Å². The van der Waals surface area contributed by atoms with E-state index in [0.717, 1.165) is 16.1 Å². The van der Waals surface area contributed by atoms with Gasteiger partial charge in [0.1, 0.15) is 6.04 Å². The summed E-state index contributed by atoms with van der Waals surface area (Å²) in [5, 5.41) is 2.87. The van der Waals surface area contributed by atoms with E-state index in [2.05, 4.69) is 5.32 Å². The lowest BCUT2D eigenvalue weighted by atomic mass is 10.1. The van der Waals surface area contributed by atoms with E-state index in [0.29, 0.717) is 5.69 Å². The lowest BCUT2D eigenvalue weighted by Gasteiger charge is -2.29. The monoisotopic (exact) mass is 346 g/mol. The zero-order chi connectivity index (χ0) is 17.7. The summed E-state index contributed by atoms with van der Waals surface area (Å²) in [7, 11) is -3.59. The van der Waals surface area contributed by atoms with Crippen molar-refractivity contribution in [1.29, 1.82) is 0 Å². The number of carbonyl (C=O) groups excluding carboxylic acids is 1. The van der Waals surface area contributed by atoms with Gasteiger partial charge in [-0.15, -0.1) is 0 Å². The summed E-state index contributed by atoms with van der Waals surface area (Å²) in [6.07, 6.45) is 1.10. The largest absolute Gasteiger partial charge is 0.348 e. The Bertz CT molecular complexity index is 776. The van der Waals surface area contributed by atoms with Crippen molar-refractivity contribution in [2.75, 3.05) is 10.6 Å². The molecule has 0 heterocycles. The number of nitrogens with one attached hydrogen (secondary N) is 1. The van der Waals surface area contributed by atoms with E-state index in [1.165, 1.54) is 0 Å². The summed E-state index contributed by atoms with van der Waals surface area (Å²) in [4.78, 5) is 12.6. The standard InChI is InChI=1S/C18H22N2O3S/c1-14(16-10-6-4-7-11-16)19-18(21)15(2)20(24(3,22)23)17-12-8-5-9-13-17/h4-15H,1-3H3,(H,19,21)/t14-,15?/m1/s1. The molecule has 0 aliphatic carbocycles. The van der Waals surface area contributed by atoms with Gasteiger partial charge < -0.3 is 5.32 Å². The highest BCUT2D eigenvalue weighted by atomic mass is 32.2. The van der Waals surface area contributed by atoms with Gasteiger partial charge in [-0.3, -0.25) is 9.10 Å². The molecule has 0 saturated carbocycles. The molecule has 0 bridgehead atoms. The third-order valence-electron chi connectivity index (χ3n) is 3.76. The van der Waals surface area contributed by atoms with Gasteiger partial charge in [-0.1, -0.05) is 48.5 Å². The highest BCUT2D eigenvalue weighted by Crippen LogP contribution is 2.21. The Labute approximate surface area is 143 Å². The molecule has 0 fully saturated rings. The van der Waals surface area contributed by atoms with Crippen molar-refractivity contribution < 1.29 is 13.2 Å². The number of carbonyl (C=O) groups is 1. The smallest absolute Gasteiger partial charge is 0.244 e. The Morgan fingerprint density at radius 2 is 1.46 bits per heavy atom. The maximum absolute atomic E-state index is 12.6. The second kappa shape index (κ2) is 7.49. The summed E-state index contributed by atoms with van der Waals surface area (Å²) < 4.78 is 25.5. The predicted molar refractivity (Wildman–Crippen MR) is 96.2 cm³/mol. The van der Waals surface area contributed by atoms with Crippen LogP contribution in [0.3, 0.4) is 0 Å². The lowest BCUT2D eigenvalue weighted by Crippen LogP contribution is -2.48. The number of para-hydroxylation sites is 1. The molecule has 2 aromatic rings. The van der Waals surface area contributed by atoms with Gasteiger partial charge in [-0.2, -0.15) is 0 Å². The van der Waals surface area contributed by atoms with Crippen LogP contribution in [0, 0.1) is 0 Å². The highest BCUT2D eigenvalue weighted by molar-refractivity contribution is 7.92. The SMILES string of the molecule is CC(C(=O)N[C@H](C)c1ccccc1)N(c1ccccc1)S(C)(=O)=O. The maximum atomic E-state index is 12.6. The molecule has 2 aromatic carbocycles. The van der Waals surface area contributed by atoms with E-state index >= 15 is 0 Å². The van der Waals surface area contributed by atoms with Crippen molar-refractivity contribution in [3.8, 4) is 0 Å². The number of anilines is 1. The van der Waals surface area contributed by atoms with Gasteiger partial charge in [0.2, 0.25) is 15.9 Å². The number of benzene rings is 2. The molecule has 0 aliphatic rings. The molecule has 1 amide bonds. The normalized spacial score (nSPS) is 13.8. The van der Waals surface area contributed by atoms with Crippen LogP contribution in [0.1, 0.15) is 25.5 Å². The fraction of sp³-hybridized carbons (Fsp3) is 0.278. The predicted octanol–water partition coefficient (Wildman–Crippen LogP) is 2.72. The molecule has 1 unspecified atom stereocenters. The molecule has 0 saturated heterocycles. The third kappa shape index (κ3) is 4.35. The van der Waals surface area contributed by atoms with Crippen molar-refractivity contribution in [2.24, 2.45) is 0 Å². The van der Waals surface area contributed by atoms with Crippen molar-refractivity contribution in [3.05, 3.63) is 66.2 Å². The summed E-state index contributed by atoms with van der Waals surface area (Å²) in [5.74, 6) is -0.347. The summed E-state index contributed by atoms with van der Waals surface area (Å²) in [6.45, 7) is 3.45. The minimum atomic E-state index is -3.59. The Morgan fingerprint density at radius 3 is 1.96 bits per heavy atom. The first-order chi connectivity index (χ1) is 11.3. The van der Waals surface area contributed by atoms with Gasteiger partial charge >= 0.3 is 0 Å². The number of sulfonamides is 1. The van der Waals surface area contributed by atoms with E-state index < -0.39 is 16.1 Å². The van der Waals surface area contributed by atoms with Crippen LogP contribution >= 0.6 is 0 Å². The van der Waals surface area contributed by atoms with Crippen LogP contribution in [0.25, 0.3) is 0 Å². The van der Waals surface area contributed by atoms with E-state index in [1.807, 2.05) is 37.3 Å². The van der Waals surface area contributed by atoms with Gasteiger partial charge in [-0.25, -0.2) is 8.42 Å². The van der Waals surface area contributed by atoms with E-state index in [4.69, 9.17) is 0 Å². The first-order valence-corrected chi connectivity index (χ1v) is 9.55. The van der Waals surface area contributed by atoms with E-state index in [1.54, 1.807) is 37.3 Å². The zero-order valence-electron chi connectivity index (χ0n) is 14.0. The molecule has 0 spiro atoms. The van der Waals surface area contributed by atoms with Crippen molar-refractivity contribution in [3.63, 3.8) is 0 Å². The Hall–Kier alpha value is -2.34. The van der Waals surface area contributed by atoms with Crippen LogP contribution in [0.2, 0.25) is 0 Å². The number of nitrogens with zero attached hydrogens (tertiary/aromatic N) is 1. The van der Waals surface area contributed by atoms with Gasteiger partial charge in [-0.05, 0) is 31.5 Å². The average Bonchev–Trinajstić information content (AvgIpc) is 2.55. The summed E-state index contributed by atoms with van der Waals surface area (Å²) in [5.41, 5.74) is 1.43. The van der Waals surface area contributed by atoms with Crippen LogP contribution < -0.4 is 9.62 Å². The highest BCUT2D eigenvalue weighted by Gasteiger charge is 2.29. The summed E-state index contributed by atoms with van der Waals surface area (Å²) >= 11 is 0. The molecule has 0 radical (unpaired) electrons. The quantitative estimate of drug-likeness (QED) is 0.874. The minimum absolute atomic E-state index is 0.210. The second-order valence-electron chi connectivity index (χ2n) is 5.71. The molecular formula is C18H22N2O3S. The van der Waals surface area contributed by atoms with Gasteiger partial charge in [0.15, 0.2) is 0 Å². The van der Waals surface area contributed by atoms with Crippen molar-refractivity contribution in [2.45, 2.75) is 25.9 Å². The average molecular weight is 346 g/mol. The molecule has 6 heteroatoms. The van der Waals surface area contributed by atoms with Crippen LogP contribution in [0.15, 0.2) is 60.7 Å². The number of rotatable bonds is 6. The molecule has 2 rings (SSSR count). The first kappa shape index (κ1) is 18.0. The molecule has 1 N–H and O–H groups in total. The van der Waals surface area contributed by atoms with Gasteiger partial charge in [0, 0.05) is 0 Å². The molecule has 5 nitrogen and oxygen atoms in total. The number of amides is 1. The molecular weight excluding hydrogens is 324 g/mol. The second-order valence-corrected chi connectivity index (χ2v) is 7.57. The Morgan fingerprint density at radius 1 is 0.958 bits per heavy atom. The van der Waals surface area contributed by atoms with E-state index in [9.17, 15) is 13.2 Å². The van der Waals surface area contributed by atoms with Crippen LogP contribution in [0.4, 0.5) is 5.69 Å². The fourth-order valence-corrected chi connectivity index (χ4v) is 3.72. The van der Waals surface area contributed by atoms with Crippen LogP contribution in [-0.4, -0.2) is 26.6 Å². The maximum Gasteiger partial charge on any atom is 0.244 e.